The van der Waals surface area contributed by atoms with Gasteiger partial charge in [-0.3, -0.25) is 10.1 Å². The predicted octanol–water partition coefficient (Wildman–Crippen LogP) is 2.53. The van der Waals surface area contributed by atoms with Crippen LogP contribution in [0.5, 0.6) is 0 Å². The van der Waals surface area contributed by atoms with Gasteiger partial charge < -0.3 is 20.3 Å². The zero-order chi connectivity index (χ0) is 18.6. The Morgan fingerprint density at radius 1 is 1.48 bits per heavy atom. The van der Waals surface area contributed by atoms with Gasteiger partial charge in [-0.05, 0) is 39.7 Å². The number of rotatable bonds is 4. The number of pyridine rings is 1. The van der Waals surface area contributed by atoms with E-state index in [1.54, 1.807) is 13.1 Å². The van der Waals surface area contributed by atoms with Gasteiger partial charge in [-0.25, -0.2) is 9.78 Å². The van der Waals surface area contributed by atoms with Gasteiger partial charge in [0.2, 0.25) is 5.82 Å². The standard InChI is InChI=1S/C16H25N5O4/c1-16(2,3)19-15(22)25-11-6-5-9-20(10-11)12-7-8-18-14(17-4)13(12)21(23)24/h7-8,11H,5-6,9-10H2,1-4H3,(H,17,18)(H,19,22). The molecular formula is C16H25N5O4. The van der Waals surface area contributed by atoms with Crippen molar-refractivity contribution in [3.8, 4) is 0 Å². The van der Waals surface area contributed by atoms with E-state index in [9.17, 15) is 14.9 Å². The van der Waals surface area contributed by atoms with Gasteiger partial charge in [-0.15, -0.1) is 0 Å². The average molecular weight is 351 g/mol. The SMILES string of the molecule is CNc1nccc(N2CCCC(OC(=O)NC(C)(C)C)C2)c1[N+](=O)[O-]. The Kier molecular flexibility index (Phi) is 5.66. The predicted molar refractivity (Wildman–Crippen MR) is 95.0 cm³/mol. The molecule has 2 heterocycles. The molecule has 1 fully saturated rings. The van der Waals surface area contributed by atoms with E-state index in [4.69, 9.17) is 4.74 Å². The number of alkyl carbamates (subject to hydrolysis) is 1. The molecule has 1 aliphatic rings. The highest BCUT2D eigenvalue weighted by molar-refractivity contribution is 5.74. The van der Waals surface area contributed by atoms with Crippen LogP contribution in [0.1, 0.15) is 33.6 Å². The largest absolute Gasteiger partial charge is 0.444 e. The fourth-order valence-corrected chi connectivity index (χ4v) is 2.80. The van der Waals surface area contributed by atoms with Gasteiger partial charge >= 0.3 is 11.8 Å². The van der Waals surface area contributed by atoms with Gasteiger partial charge in [0.25, 0.3) is 0 Å². The molecule has 1 saturated heterocycles. The Hall–Kier alpha value is -2.58. The van der Waals surface area contributed by atoms with Crippen molar-refractivity contribution in [2.45, 2.75) is 45.3 Å². The second kappa shape index (κ2) is 7.54. The number of hydrogen-bond donors (Lipinski definition) is 2. The highest BCUT2D eigenvalue weighted by atomic mass is 16.6. The van der Waals surface area contributed by atoms with E-state index < -0.39 is 11.0 Å². The van der Waals surface area contributed by atoms with Crippen molar-refractivity contribution in [3.63, 3.8) is 0 Å². The Labute approximate surface area is 146 Å². The summed E-state index contributed by atoms with van der Waals surface area (Å²) in [6.45, 7) is 6.70. The highest BCUT2D eigenvalue weighted by Crippen LogP contribution is 2.35. The fraction of sp³-hybridized carbons (Fsp3) is 0.625. The molecule has 25 heavy (non-hydrogen) atoms. The van der Waals surface area contributed by atoms with Gasteiger partial charge in [-0.1, -0.05) is 0 Å². The molecular weight excluding hydrogens is 326 g/mol. The molecule has 0 aliphatic carbocycles. The number of nitrogens with one attached hydrogen (secondary N) is 2. The minimum atomic E-state index is -0.473. The van der Waals surface area contributed by atoms with Crippen LogP contribution in [-0.4, -0.2) is 47.8 Å². The number of aromatic nitrogens is 1. The van der Waals surface area contributed by atoms with Gasteiger partial charge in [0.15, 0.2) is 0 Å². The Bertz CT molecular complexity index is 644. The molecule has 9 heteroatoms. The number of nitro groups is 1. The molecule has 2 N–H and O–H groups in total. The van der Waals surface area contributed by atoms with Gasteiger partial charge in [0, 0.05) is 25.3 Å². The van der Waals surface area contributed by atoms with Crippen LogP contribution in [0, 0.1) is 10.1 Å². The minimum absolute atomic E-state index is 0.0650. The molecule has 0 aromatic carbocycles. The van der Waals surface area contributed by atoms with E-state index in [0.29, 0.717) is 18.8 Å². The summed E-state index contributed by atoms with van der Waals surface area (Å²) in [4.78, 5) is 28.9. The molecule has 1 aromatic heterocycles. The molecule has 1 aliphatic heterocycles. The van der Waals surface area contributed by atoms with Crippen LogP contribution in [0.4, 0.5) is 22.0 Å². The topological polar surface area (TPSA) is 110 Å². The molecule has 9 nitrogen and oxygen atoms in total. The first-order valence-electron chi connectivity index (χ1n) is 8.26. The first kappa shape index (κ1) is 18.8. The van der Waals surface area contributed by atoms with Crippen LogP contribution in [0.25, 0.3) is 0 Å². The van der Waals surface area contributed by atoms with Gasteiger partial charge in [0.1, 0.15) is 11.8 Å². The summed E-state index contributed by atoms with van der Waals surface area (Å²) in [6, 6.07) is 1.62. The van der Waals surface area contributed by atoms with E-state index >= 15 is 0 Å². The number of carbonyl (C=O) groups excluding carboxylic acids is 1. The average Bonchev–Trinajstić information content (AvgIpc) is 2.52. The maximum absolute atomic E-state index is 12.0. The van der Waals surface area contributed by atoms with E-state index in [2.05, 4.69) is 15.6 Å². The van der Waals surface area contributed by atoms with E-state index in [1.165, 1.54) is 6.20 Å². The maximum atomic E-state index is 12.0. The van der Waals surface area contributed by atoms with Gasteiger partial charge in [0.05, 0.1) is 11.5 Å². The summed E-state index contributed by atoms with van der Waals surface area (Å²) in [5.41, 5.74) is 0.0375. The lowest BCUT2D eigenvalue weighted by molar-refractivity contribution is -0.383. The van der Waals surface area contributed by atoms with Crippen LogP contribution in [0.3, 0.4) is 0 Å². The Balaban J connectivity index is 2.14. The molecule has 138 valence electrons. The first-order valence-corrected chi connectivity index (χ1v) is 8.26. The van der Waals surface area contributed by atoms with Crippen molar-refractivity contribution in [2.24, 2.45) is 0 Å². The van der Waals surface area contributed by atoms with Crippen LogP contribution in [-0.2, 0) is 4.74 Å². The molecule has 0 radical (unpaired) electrons. The van der Waals surface area contributed by atoms with Crippen LogP contribution in [0.2, 0.25) is 0 Å². The summed E-state index contributed by atoms with van der Waals surface area (Å²) >= 11 is 0. The normalized spacial score (nSPS) is 17.8. The lowest BCUT2D eigenvalue weighted by atomic mass is 10.1. The number of anilines is 2. The van der Waals surface area contributed by atoms with Crippen molar-refractivity contribution in [2.75, 3.05) is 30.4 Å². The molecule has 1 aromatic rings. The van der Waals surface area contributed by atoms with Gasteiger partial charge in [-0.2, -0.15) is 0 Å². The number of carbonyl (C=O) groups is 1. The number of amides is 1. The number of ether oxygens (including phenoxy) is 1. The quantitative estimate of drug-likeness (QED) is 0.633. The molecule has 0 spiro atoms. The zero-order valence-corrected chi connectivity index (χ0v) is 15.0. The summed E-state index contributed by atoms with van der Waals surface area (Å²) in [5, 5.41) is 17.0. The minimum Gasteiger partial charge on any atom is -0.444 e. The second-order valence-electron chi connectivity index (χ2n) is 7.02. The smallest absolute Gasteiger partial charge is 0.407 e. The molecule has 1 unspecified atom stereocenters. The molecule has 1 amide bonds. The number of nitrogens with zero attached hydrogens (tertiary/aromatic N) is 3. The summed E-state index contributed by atoms with van der Waals surface area (Å²) < 4.78 is 5.48. The third kappa shape index (κ3) is 4.94. The van der Waals surface area contributed by atoms with Crippen LogP contribution >= 0.6 is 0 Å². The molecule has 0 saturated carbocycles. The summed E-state index contributed by atoms with van der Waals surface area (Å²) in [5.74, 6) is 0.219. The fourth-order valence-electron chi connectivity index (χ4n) is 2.80. The van der Waals surface area contributed by atoms with Crippen molar-refractivity contribution in [1.82, 2.24) is 10.3 Å². The Morgan fingerprint density at radius 2 is 2.20 bits per heavy atom. The highest BCUT2D eigenvalue weighted by Gasteiger charge is 2.30. The summed E-state index contributed by atoms with van der Waals surface area (Å²) in [6.07, 6.45) is 2.25. The molecule has 1 atom stereocenters. The Morgan fingerprint density at radius 3 is 2.80 bits per heavy atom. The van der Waals surface area contributed by atoms with Crippen LogP contribution in [0.15, 0.2) is 12.3 Å². The lowest BCUT2D eigenvalue weighted by Gasteiger charge is -2.34. The van der Waals surface area contributed by atoms with E-state index in [-0.39, 0.29) is 23.1 Å². The van der Waals surface area contributed by atoms with Crippen molar-refractivity contribution < 1.29 is 14.5 Å². The second-order valence-corrected chi connectivity index (χ2v) is 7.02. The molecule has 2 rings (SSSR count). The third-order valence-corrected chi connectivity index (χ3v) is 3.79. The summed E-state index contributed by atoms with van der Waals surface area (Å²) in [7, 11) is 1.60. The monoisotopic (exact) mass is 351 g/mol. The van der Waals surface area contributed by atoms with Crippen molar-refractivity contribution >= 4 is 23.3 Å². The first-order chi connectivity index (χ1) is 11.7. The van der Waals surface area contributed by atoms with E-state index in [0.717, 1.165) is 12.8 Å². The van der Waals surface area contributed by atoms with Crippen molar-refractivity contribution in [3.05, 3.63) is 22.4 Å². The number of piperidine rings is 1. The number of hydrogen-bond acceptors (Lipinski definition) is 7. The third-order valence-electron chi connectivity index (χ3n) is 3.79. The zero-order valence-electron chi connectivity index (χ0n) is 15.0. The lowest BCUT2D eigenvalue weighted by Crippen LogP contribution is -2.46. The van der Waals surface area contributed by atoms with E-state index in [1.807, 2.05) is 25.7 Å². The molecule has 0 bridgehead atoms. The van der Waals surface area contributed by atoms with Crippen LogP contribution < -0.4 is 15.5 Å². The maximum Gasteiger partial charge on any atom is 0.407 e. The van der Waals surface area contributed by atoms with Crippen molar-refractivity contribution in [1.29, 1.82) is 0 Å².